The summed E-state index contributed by atoms with van der Waals surface area (Å²) in [7, 11) is 0. The zero-order valence-electron chi connectivity index (χ0n) is 9.21. The summed E-state index contributed by atoms with van der Waals surface area (Å²) in [4.78, 5) is 0. The average molecular weight is 204 g/mol. The summed E-state index contributed by atoms with van der Waals surface area (Å²) in [5.74, 6) is 0. The lowest BCUT2D eigenvalue weighted by Crippen LogP contribution is -2.18. The maximum Gasteiger partial charge on any atom is 0.0205 e. The van der Waals surface area contributed by atoms with Crippen LogP contribution in [0.15, 0.2) is 36.9 Å². The number of hydrogen-bond donors (Lipinski definition) is 2. The molecule has 0 aromatic heterocycles. The number of benzene rings is 1. The molecule has 1 aromatic carbocycles. The van der Waals surface area contributed by atoms with Gasteiger partial charge in [0, 0.05) is 6.54 Å². The lowest BCUT2D eigenvalue weighted by Gasteiger charge is -2.07. The van der Waals surface area contributed by atoms with Crippen LogP contribution in [-0.4, -0.2) is 19.6 Å². The van der Waals surface area contributed by atoms with E-state index in [-0.39, 0.29) is 0 Å². The predicted molar refractivity (Wildman–Crippen MR) is 66.6 cm³/mol. The van der Waals surface area contributed by atoms with Crippen LogP contribution in [0, 0.1) is 0 Å². The number of nitrogens with one attached hydrogen (secondary N) is 1. The first-order chi connectivity index (χ1) is 7.34. The van der Waals surface area contributed by atoms with Crippen LogP contribution < -0.4 is 11.1 Å². The zero-order valence-corrected chi connectivity index (χ0v) is 9.21. The lowest BCUT2D eigenvalue weighted by atomic mass is 10.1. The van der Waals surface area contributed by atoms with Gasteiger partial charge in [0.2, 0.25) is 0 Å². The first-order valence-electron chi connectivity index (χ1n) is 5.48. The molecule has 82 valence electrons. The number of hydrogen-bond acceptors (Lipinski definition) is 2. The molecule has 15 heavy (non-hydrogen) atoms. The van der Waals surface area contributed by atoms with Crippen molar-refractivity contribution in [2.24, 2.45) is 5.73 Å². The minimum absolute atomic E-state index is 0.779. The summed E-state index contributed by atoms with van der Waals surface area (Å²) in [6.07, 6.45) is 2.23. The van der Waals surface area contributed by atoms with Crippen LogP contribution in [0.2, 0.25) is 0 Å². The Balaban J connectivity index is 2.20. The van der Waals surface area contributed by atoms with Gasteiger partial charge in [-0.3, -0.25) is 0 Å². The molecule has 1 rings (SSSR count). The Labute approximate surface area is 92.2 Å². The minimum Gasteiger partial charge on any atom is -0.330 e. The minimum atomic E-state index is 0.779. The van der Waals surface area contributed by atoms with Gasteiger partial charge in [-0.1, -0.05) is 36.9 Å². The molecule has 0 radical (unpaired) electrons. The van der Waals surface area contributed by atoms with E-state index in [1.54, 1.807) is 0 Å². The van der Waals surface area contributed by atoms with Gasteiger partial charge in [0.15, 0.2) is 0 Å². The van der Waals surface area contributed by atoms with Crippen molar-refractivity contribution in [2.45, 2.75) is 12.8 Å². The van der Waals surface area contributed by atoms with E-state index in [1.807, 2.05) is 18.2 Å². The molecular weight excluding hydrogens is 184 g/mol. The third-order valence-corrected chi connectivity index (χ3v) is 2.33. The highest BCUT2D eigenvalue weighted by atomic mass is 14.8. The Kier molecular flexibility index (Phi) is 5.74. The summed E-state index contributed by atoms with van der Waals surface area (Å²) >= 11 is 0. The van der Waals surface area contributed by atoms with E-state index < -0.39 is 0 Å². The summed E-state index contributed by atoms with van der Waals surface area (Å²) in [6, 6.07) is 10.3. The van der Waals surface area contributed by atoms with Gasteiger partial charge in [-0.15, -0.1) is 0 Å². The zero-order chi connectivity index (χ0) is 10.9. The fraction of sp³-hybridized carbons (Fsp3) is 0.385. The summed E-state index contributed by atoms with van der Waals surface area (Å²) < 4.78 is 0. The molecule has 0 aliphatic rings. The molecule has 0 saturated heterocycles. The number of nitrogens with two attached hydrogens (primary N) is 1. The van der Waals surface area contributed by atoms with E-state index in [1.165, 1.54) is 5.56 Å². The largest absolute Gasteiger partial charge is 0.330 e. The van der Waals surface area contributed by atoms with Crippen LogP contribution in [-0.2, 0) is 0 Å². The fourth-order valence-corrected chi connectivity index (χ4v) is 1.41. The molecule has 0 aliphatic carbocycles. The monoisotopic (exact) mass is 204 g/mol. The van der Waals surface area contributed by atoms with Crippen LogP contribution in [0.25, 0.3) is 5.57 Å². The molecule has 0 fully saturated rings. The van der Waals surface area contributed by atoms with E-state index in [0.717, 1.165) is 38.0 Å². The molecule has 0 spiro atoms. The average Bonchev–Trinajstić information content (AvgIpc) is 2.30. The maximum absolute atomic E-state index is 5.42. The molecule has 0 aliphatic heterocycles. The van der Waals surface area contributed by atoms with E-state index in [2.05, 4.69) is 24.0 Å². The first kappa shape index (κ1) is 12.0. The standard InChI is InChI=1S/C13H20N2/c1-12(11-15-10-6-5-9-14)13-7-3-2-4-8-13/h2-4,7-8,15H,1,5-6,9-11,14H2. The molecule has 3 N–H and O–H groups in total. The van der Waals surface area contributed by atoms with E-state index in [4.69, 9.17) is 5.73 Å². The highest BCUT2D eigenvalue weighted by Crippen LogP contribution is 2.09. The molecule has 0 saturated carbocycles. The van der Waals surface area contributed by atoms with Crippen molar-refractivity contribution in [3.63, 3.8) is 0 Å². The van der Waals surface area contributed by atoms with Gasteiger partial charge in [-0.2, -0.15) is 0 Å². The Hall–Kier alpha value is -1.12. The summed E-state index contributed by atoms with van der Waals surface area (Å²) in [5.41, 5.74) is 7.77. The predicted octanol–water partition coefficient (Wildman–Crippen LogP) is 2.03. The summed E-state index contributed by atoms with van der Waals surface area (Å²) in [5, 5.41) is 3.36. The second kappa shape index (κ2) is 7.21. The molecule has 0 amide bonds. The van der Waals surface area contributed by atoms with Crippen LogP contribution >= 0.6 is 0 Å². The van der Waals surface area contributed by atoms with Crippen LogP contribution in [0.1, 0.15) is 18.4 Å². The quantitative estimate of drug-likeness (QED) is 0.667. The van der Waals surface area contributed by atoms with Crippen molar-refractivity contribution in [1.29, 1.82) is 0 Å². The third kappa shape index (κ3) is 4.77. The number of rotatable bonds is 7. The highest BCUT2D eigenvalue weighted by molar-refractivity contribution is 5.64. The molecule has 2 nitrogen and oxygen atoms in total. The third-order valence-electron chi connectivity index (χ3n) is 2.33. The van der Waals surface area contributed by atoms with Gasteiger partial charge < -0.3 is 11.1 Å². The maximum atomic E-state index is 5.42. The van der Waals surface area contributed by atoms with Crippen molar-refractivity contribution in [1.82, 2.24) is 5.32 Å². The Morgan fingerprint density at radius 2 is 1.93 bits per heavy atom. The van der Waals surface area contributed by atoms with Gasteiger partial charge in [-0.25, -0.2) is 0 Å². The Bertz CT molecular complexity index is 280. The highest BCUT2D eigenvalue weighted by Gasteiger charge is 1.96. The lowest BCUT2D eigenvalue weighted by molar-refractivity contribution is 0.665. The van der Waals surface area contributed by atoms with Crippen molar-refractivity contribution in [3.05, 3.63) is 42.5 Å². The SMILES string of the molecule is C=C(CNCCCCN)c1ccccc1. The fourth-order valence-electron chi connectivity index (χ4n) is 1.41. The topological polar surface area (TPSA) is 38.0 Å². The molecular formula is C13H20N2. The van der Waals surface area contributed by atoms with Gasteiger partial charge in [-0.05, 0) is 37.1 Å². The Morgan fingerprint density at radius 3 is 2.60 bits per heavy atom. The van der Waals surface area contributed by atoms with E-state index in [9.17, 15) is 0 Å². The number of unbranched alkanes of at least 4 members (excludes halogenated alkanes) is 1. The molecule has 0 atom stereocenters. The molecule has 2 heteroatoms. The van der Waals surface area contributed by atoms with Crippen molar-refractivity contribution >= 4 is 5.57 Å². The van der Waals surface area contributed by atoms with Crippen LogP contribution in [0.5, 0.6) is 0 Å². The summed E-state index contributed by atoms with van der Waals surface area (Å²) in [6.45, 7) is 6.71. The van der Waals surface area contributed by atoms with E-state index in [0.29, 0.717) is 0 Å². The Morgan fingerprint density at radius 1 is 1.20 bits per heavy atom. The molecule has 0 bridgehead atoms. The van der Waals surface area contributed by atoms with Gasteiger partial charge in [0.05, 0.1) is 0 Å². The van der Waals surface area contributed by atoms with Crippen molar-refractivity contribution < 1.29 is 0 Å². The second-order valence-corrected chi connectivity index (χ2v) is 3.64. The second-order valence-electron chi connectivity index (χ2n) is 3.64. The van der Waals surface area contributed by atoms with Crippen molar-refractivity contribution in [2.75, 3.05) is 19.6 Å². The van der Waals surface area contributed by atoms with Gasteiger partial charge in [0.25, 0.3) is 0 Å². The van der Waals surface area contributed by atoms with Crippen molar-refractivity contribution in [3.8, 4) is 0 Å². The van der Waals surface area contributed by atoms with E-state index >= 15 is 0 Å². The van der Waals surface area contributed by atoms with Crippen LogP contribution in [0.3, 0.4) is 0 Å². The molecule has 0 unspecified atom stereocenters. The molecule has 0 heterocycles. The van der Waals surface area contributed by atoms with Crippen LogP contribution in [0.4, 0.5) is 0 Å². The molecule has 1 aromatic rings. The smallest absolute Gasteiger partial charge is 0.0205 e. The van der Waals surface area contributed by atoms with Gasteiger partial charge in [0.1, 0.15) is 0 Å². The normalized spacial score (nSPS) is 10.2. The van der Waals surface area contributed by atoms with Gasteiger partial charge >= 0.3 is 0 Å². The first-order valence-corrected chi connectivity index (χ1v) is 5.48.